The van der Waals surface area contributed by atoms with Crippen LogP contribution in [-0.2, 0) is 121 Å². The number of unbranched alkanes of at least 4 members (excludes halogenated alkanes) is 4. The number of nitrogens with zero attached hydrogens (tertiary/aromatic N) is 7. The molecule has 0 aromatic heterocycles. The Morgan fingerprint density at radius 2 is 1.05 bits per heavy atom. The maximum absolute atomic E-state index is 14.8. The van der Waals surface area contributed by atoms with Gasteiger partial charge in [0.05, 0.1) is 153 Å². The smallest absolute Gasteiger partial charge is 0.326 e. The first-order chi connectivity index (χ1) is 63.5. The summed E-state index contributed by atoms with van der Waals surface area (Å²) >= 11 is 17.9. The minimum absolute atomic E-state index is 0.00322. The Kier molecular flexibility index (Phi) is 65.8. The van der Waals surface area contributed by atoms with Crippen molar-refractivity contribution in [3.63, 3.8) is 0 Å². The highest BCUT2D eigenvalue weighted by atomic mass is 32.2. The van der Waals surface area contributed by atoms with Crippen LogP contribution in [0.2, 0.25) is 0 Å². The maximum atomic E-state index is 14.8. The number of benzene rings is 1. The van der Waals surface area contributed by atoms with E-state index in [1.54, 1.807) is 60.0 Å². The normalized spacial score (nSPS) is 15.6. The van der Waals surface area contributed by atoms with E-state index in [1.165, 1.54) is 35.8 Å². The standard InChI is InChI=1S/C90H154N12O25S5/c1-12-66(6)84(73(116-10)57-80(108)101-34-26-69(59-101)85(117-11)67(7)86(110)94-72(90(114)115)56-68-22-16-13-17-23-68)99(9)89(113)82(64(2)3)95-87(111)83(65(4)5)98(8)78(106)24-19-15-21-33-102-81(109)58-74(88(102)112)132-55-29-77(105)91-30-20-14-18-25-79(107)100(35-31-92-75(103)27-37-118-39-41-120-43-45-122-47-49-124-51-53-126-96-70(60-128)61-129)36-32-93-76(104)28-38-119-40-42-121-44-46-123-48-50-125-52-54-127-97-71(62-130)63-131/h13,16-17,22-23,64-67,69,72-74,82-85,128-131H,12,14-15,18-21,24-63H2,1-11H3,(H,91,105)(H,92,103)(H,93,104)(H,94,110)(H,95,111)(H,114,115)/t66-,67+,69+,72-,73+,74?,82?,83-,84-,85+/m0/s1. The Morgan fingerprint density at radius 3 is 1.52 bits per heavy atom. The number of methoxy groups -OCH3 is 2. The van der Waals surface area contributed by atoms with Crippen molar-refractivity contribution < 1.29 is 120 Å². The number of imide groups is 1. The van der Waals surface area contributed by atoms with Gasteiger partial charge in [-0.05, 0) is 55.4 Å². The summed E-state index contributed by atoms with van der Waals surface area (Å²) in [6.45, 7) is 20.7. The van der Waals surface area contributed by atoms with Gasteiger partial charge in [0.1, 0.15) is 31.3 Å². The van der Waals surface area contributed by atoms with Gasteiger partial charge in [0.2, 0.25) is 65.0 Å². The van der Waals surface area contributed by atoms with Gasteiger partial charge in [-0.1, -0.05) is 108 Å². The first kappa shape index (κ1) is 120. The molecule has 2 unspecified atom stereocenters. The Morgan fingerprint density at radius 1 is 0.561 bits per heavy atom. The number of amides is 11. The van der Waals surface area contributed by atoms with Crippen molar-refractivity contribution in [2.24, 2.45) is 39.9 Å². The molecule has 3 rings (SSSR count). The van der Waals surface area contributed by atoms with Crippen LogP contribution < -0.4 is 26.6 Å². The van der Waals surface area contributed by atoms with Crippen molar-refractivity contribution in [1.82, 2.24) is 51.1 Å². The number of thiol groups is 4. The number of carboxylic acid groups (broad SMARTS) is 1. The first-order valence-corrected chi connectivity index (χ1v) is 49.8. The van der Waals surface area contributed by atoms with E-state index in [1.807, 2.05) is 47.6 Å². The van der Waals surface area contributed by atoms with E-state index < -0.39 is 77.2 Å². The van der Waals surface area contributed by atoms with E-state index in [0.717, 1.165) is 17.0 Å². The van der Waals surface area contributed by atoms with Crippen molar-refractivity contribution in [1.29, 1.82) is 0 Å². The van der Waals surface area contributed by atoms with Crippen molar-refractivity contribution in [2.75, 3.05) is 228 Å². The molecule has 42 heteroatoms. The van der Waals surface area contributed by atoms with Crippen LogP contribution in [0.15, 0.2) is 40.6 Å². The number of carbonyl (C=O) groups is 12. The minimum atomic E-state index is -1.16. The zero-order valence-electron chi connectivity index (χ0n) is 79.6. The van der Waals surface area contributed by atoms with Crippen LogP contribution in [-0.4, -0.2) is 382 Å². The average molecular weight is 1960 g/mol. The van der Waals surface area contributed by atoms with Gasteiger partial charge in [-0.3, -0.25) is 57.6 Å². The molecule has 2 aliphatic rings. The number of carboxylic acids is 1. The number of aliphatic carboxylic acids is 1. The van der Waals surface area contributed by atoms with Crippen molar-refractivity contribution >= 4 is 145 Å². The number of carbonyl (C=O) groups excluding carboxylic acids is 11. The van der Waals surface area contributed by atoms with E-state index in [4.69, 9.17) is 57.0 Å². The third-order valence-corrected chi connectivity index (χ3v) is 25.0. The van der Waals surface area contributed by atoms with Crippen LogP contribution in [0.25, 0.3) is 0 Å². The molecule has 2 aliphatic heterocycles. The van der Waals surface area contributed by atoms with E-state index in [9.17, 15) is 62.6 Å². The third-order valence-electron chi connectivity index (χ3n) is 22.3. The van der Waals surface area contributed by atoms with Gasteiger partial charge in [-0.2, -0.15) is 50.5 Å². The zero-order chi connectivity index (χ0) is 97.4. The Labute approximate surface area is 807 Å². The highest BCUT2D eigenvalue weighted by Crippen LogP contribution is 2.31. The Balaban J connectivity index is 1.41. The van der Waals surface area contributed by atoms with Crippen LogP contribution in [0, 0.1) is 29.6 Å². The number of ether oxygens (including phenoxy) is 10. The molecule has 2 saturated heterocycles. The number of likely N-dealkylation sites (tertiary alicyclic amines) is 2. The van der Waals surface area contributed by atoms with Crippen molar-refractivity contribution in [3.8, 4) is 0 Å². The molecule has 0 bridgehead atoms. The lowest BCUT2D eigenvalue weighted by Crippen LogP contribution is -2.60. The molecule has 2 fully saturated rings. The molecule has 0 radical (unpaired) electrons. The average Bonchev–Trinajstić information content (AvgIpc) is 1.14. The van der Waals surface area contributed by atoms with Gasteiger partial charge in [0.15, 0.2) is 0 Å². The highest BCUT2D eigenvalue weighted by Gasteiger charge is 2.44. The number of oxime groups is 2. The van der Waals surface area contributed by atoms with Gasteiger partial charge in [-0.25, -0.2) is 4.79 Å². The molecule has 1 aromatic carbocycles. The number of likely N-dealkylation sites (N-methyl/N-ethyl adjacent to an activating group) is 2. The second kappa shape index (κ2) is 72.7. The van der Waals surface area contributed by atoms with Gasteiger partial charge in [0, 0.05) is 160 Å². The van der Waals surface area contributed by atoms with E-state index in [-0.39, 0.29) is 182 Å². The fourth-order valence-corrected chi connectivity index (χ4v) is 16.8. The van der Waals surface area contributed by atoms with Crippen molar-refractivity contribution in [3.05, 3.63) is 35.9 Å². The lowest BCUT2D eigenvalue weighted by atomic mass is 9.89. The molecule has 10 atom stereocenters. The minimum Gasteiger partial charge on any atom is -0.480 e. The SMILES string of the molecule is CC[C@H](C)[C@@H]([C@@H](CC(=O)N1CC[C@@H]([C@H](OC)[C@@H](C)C(=O)N[C@@H](Cc2ccccc2)C(=O)O)C1)OC)N(C)C(=O)C(NC(=O)[C@H](C(C)C)N(C)C(=O)CCCCCN1C(=O)CC(SCCC(=O)NCCCCCC(=O)N(CCNC(=O)CCOCCOCCOCCOCCON=C(CS)CS)CCNC(=O)CCOCCOCCOCCOCCON=C(CS)CS)C1=O)C(C)C. The first-order valence-electron chi connectivity index (χ1n) is 46.2. The fourth-order valence-electron chi connectivity index (χ4n) is 14.7. The summed E-state index contributed by atoms with van der Waals surface area (Å²) in [5.74, 6) is -4.33. The van der Waals surface area contributed by atoms with Crippen molar-refractivity contribution in [2.45, 2.75) is 193 Å². The summed E-state index contributed by atoms with van der Waals surface area (Å²) in [5, 5.41) is 31.5. The van der Waals surface area contributed by atoms with Crippen LogP contribution in [0.1, 0.15) is 150 Å². The topological polar surface area (TPSA) is 437 Å². The summed E-state index contributed by atoms with van der Waals surface area (Å²) in [7, 11) is 6.20. The quantitative estimate of drug-likeness (QED) is 0.0133. The number of nitrogens with one attached hydrogen (secondary N) is 5. The predicted octanol–water partition coefficient (Wildman–Crippen LogP) is 5.13. The second-order valence-corrected chi connectivity index (χ2v) is 35.5. The molecule has 1 aromatic rings. The molecule has 0 saturated carbocycles. The molecule has 132 heavy (non-hydrogen) atoms. The molecule has 6 N–H and O–H groups in total. The summed E-state index contributed by atoms with van der Waals surface area (Å²) in [4.78, 5) is 180. The van der Waals surface area contributed by atoms with Crippen LogP contribution in [0.4, 0.5) is 0 Å². The molecule has 0 aliphatic carbocycles. The number of rotatable bonds is 79. The van der Waals surface area contributed by atoms with Gasteiger partial charge in [-0.15, -0.1) is 11.8 Å². The molecular formula is C90H154N12O25S5. The lowest BCUT2D eigenvalue weighted by molar-refractivity contribution is -0.147. The van der Waals surface area contributed by atoms with Gasteiger partial charge in [0.25, 0.3) is 0 Å². The zero-order valence-corrected chi connectivity index (χ0v) is 84.0. The fraction of sp³-hybridized carbons (Fsp3) is 0.778. The highest BCUT2D eigenvalue weighted by molar-refractivity contribution is 8.00. The molecule has 0 spiro atoms. The van der Waals surface area contributed by atoms with E-state index in [0.29, 0.717) is 186 Å². The predicted molar refractivity (Wildman–Crippen MR) is 517 cm³/mol. The molecule has 37 nitrogen and oxygen atoms in total. The van der Waals surface area contributed by atoms with E-state index >= 15 is 0 Å². The van der Waals surface area contributed by atoms with E-state index in [2.05, 4.69) is 87.4 Å². The Hall–Kier alpha value is -6.65. The summed E-state index contributed by atoms with van der Waals surface area (Å²) < 4.78 is 56.1. The third kappa shape index (κ3) is 49.4. The van der Waals surface area contributed by atoms with Gasteiger partial charge < -0.3 is 108 Å². The molecule has 754 valence electrons. The lowest BCUT2D eigenvalue weighted by Gasteiger charge is -2.40. The van der Waals surface area contributed by atoms with Gasteiger partial charge >= 0.3 is 5.97 Å². The van der Waals surface area contributed by atoms with Crippen LogP contribution >= 0.6 is 62.3 Å². The largest absolute Gasteiger partial charge is 0.480 e. The summed E-state index contributed by atoms with van der Waals surface area (Å²) in [6, 6.07) is 5.29. The molecule has 2 heterocycles. The maximum Gasteiger partial charge on any atom is 0.326 e. The van der Waals surface area contributed by atoms with Crippen LogP contribution in [0.5, 0.6) is 0 Å². The summed E-state index contributed by atoms with van der Waals surface area (Å²) in [6.07, 6.45) is 3.47. The Bertz CT molecular complexity index is 3470. The monoisotopic (exact) mass is 1960 g/mol. The number of thioether (sulfide) groups is 1. The summed E-state index contributed by atoms with van der Waals surface area (Å²) in [5.41, 5.74) is 2.22. The number of hydrogen-bond acceptors (Lipinski definition) is 31. The molecule has 11 amide bonds. The number of hydrogen-bond donors (Lipinski definition) is 10. The van der Waals surface area contributed by atoms with Crippen LogP contribution in [0.3, 0.4) is 0 Å². The second-order valence-electron chi connectivity index (χ2n) is 33.0. The molecular weight excluding hydrogens is 1810 g/mol.